The Morgan fingerprint density at radius 3 is 1.38 bits per heavy atom. The van der Waals surface area contributed by atoms with E-state index < -0.39 is 6.29 Å². The second-order valence-electron chi connectivity index (χ2n) is 15.3. The molecule has 1 unspecified atom stereocenters. The number of carbonyl (C=O) groups excluding carboxylic acids is 1. The lowest BCUT2D eigenvalue weighted by Crippen LogP contribution is -2.29. The average molecular weight is 712 g/mol. The molecule has 0 fully saturated rings. The van der Waals surface area contributed by atoms with Crippen LogP contribution in [0.15, 0.2) is 0 Å². The molecule has 0 amide bonds. The smallest absolute Gasteiger partial charge is 0.305 e. The Balaban J connectivity index is 3.93. The Hall–Kier alpha value is -0.690. The molecule has 0 aliphatic heterocycles. The summed E-state index contributed by atoms with van der Waals surface area (Å²) in [7, 11) is 0. The van der Waals surface area contributed by atoms with Crippen molar-refractivity contribution in [2.45, 2.75) is 233 Å². The van der Waals surface area contributed by atoms with Gasteiger partial charge in [-0.3, -0.25) is 4.79 Å². The minimum absolute atomic E-state index is 0.0264. The predicted octanol–water partition coefficient (Wildman–Crippen LogP) is 12.3. The van der Waals surface area contributed by atoms with Crippen LogP contribution < -0.4 is 0 Å². The molecule has 300 valence electrons. The maximum Gasteiger partial charge on any atom is 0.305 e. The molecule has 1 atom stereocenters. The zero-order chi connectivity index (χ0) is 36.6. The van der Waals surface area contributed by atoms with E-state index in [4.69, 9.17) is 9.47 Å². The molecule has 0 spiro atoms. The van der Waals surface area contributed by atoms with Crippen LogP contribution in [0.3, 0.4) is 0 Å². The van der Waals surface area contributed by atoms with Crippen molar-refractivity contribution < 1.29 is 24.5 Å². The molecule has 6 heteroatoms. The Labute approximate surface area is 312 Å². The van der Waals surface area contributed by atoms with Crippen molar-refractivity contribution in [3.05, 3.63) is 0 Å². The van der Waals surface area contributed by atoms with E-state index in [-0.39, 0.29) is 18.5 Å². The normalized spacial score (nSPS) is 12.4. The molecule has 2 N–H and O–H groups in total. The highest BCUT2D eigenvalue weighted by molar-refractivity contribution is 5.69. The first-order valence-corrected chi connectivity index (χ1v) is 22.4. The third kappa shape index (κ3) is 35.7. The topological polar surface area (TPSA) is 79.2 Å². The molecular weight excluding hydrogens is 622 g/mol. The third-order valence-corrected chi connectivity index (χ3v) is 10.4. The Kier molecular flexibility index (Phi) is 40.5. The first-order valence-electron chi connectivity index (χ1n) is 22.4. The van der Waals surface area contributed by atoms with E-state index in [1.165, 1.54) is 141 Å². The molecule has 0 aliphatic carbocycles. The molecule has 0 aromatic heterocycles. The summed E-state index contributed by atoms with van der Waals surface area (Å²) >= 11 is 0. The largest absolute Gasteiger partial charge is 0.466 e. The zero-order valence-corrected chi connectivity index (χ0v) is 34.1. The van der Waals surface area contributed by atoms with Gasteiger partial charge in [0, 0.05) is 25.5 Å². The van der Waals surface area contributed by atoms with E-state index in [9.17, 15) is 15.0 Å². The molecule has 0 aliphatic rings. The number of carbonyl (C=O) groups is 1. The Bertz CT molecular complexity index is 646. The van der Waals surface area contributed by atoms with Gasteiger partial charge in [-0.2, -0.15) is 0 Å². The fourth-order valence-electron chi connectivity index (χ4n) is 7.04. The molecule has 0 aromatic carbocycles. The first-order chi connectivity index (χ1) is 24.6. The fraction of sp³-hybridized carbons (Fsp3) is 0.977. The summed E-state index contributed by atoms with van der Waals surface area (Å²) in [5.41, 5.74) is 0. The van der Waals surface area contributed by atoms with Gasteiger partial charge in [0.25, 0.3) is 0 Å². The number of rotatable bonds is 42. The quantitative estimate of drug-likeness (QED) is 0.0373. The van der Waals surface area contributed by atoms with Gasteiger partial charge in [-0.05, 0) is 58.0 Å². The highest BCUT2D eigenvalue weighted by Gasteiger charge is 2.19. The molecule has 0 heterocycles. The van der Waals surface area contributed by atoms with Gasteiger partial charge in [0.2, 0.25) is 0 Å². The lowest BCUT2D eigenvalue weighted by Gasteiger charge is -2.23. The van der Waals surface area contributed by atoms with E-state index in [1.807, 2.05) is 0 Å². The van der Waals surface area contributed by atoms with Crippen molar-refractivity contribution in [2.75, 3.05) is 39.5 Å². The molecule has 0 rings (SSSR count). The van der Waals surface area contributed by atoms with Crippen LogP contribution in [0.1, 0.15) is 226 Å². The molecular formula is C44H89NO5. The van der Waals surface area contributed by atoms with E-state index in [0.717, 1.165) is 77.4 Å². The highest BCUT2D eigenvalue weighted by atomic mass is 16.6. The van der Waals surface area contributed by atoms with Crippen molar-refractivity contribution in [1.82, 2.24) is 4.90 Å². The van der Waals surface area contributed by atoms with Crippen molar-refractivity contribution >= 4 is 5.97 Å². The molecule has 0 saturated heterocycles. The second-order valence-corrected chi connectivity index (χ2v) is 15.3. The molecule has 0 aromatic rings. The van der Waals surface area contributed by atoms with Crippen LogP contribution in [-0.4, -0.2) is 66.8 Å². The number of hydrogen-bond donors (Lipinski definition) is 2. The van der Waals surface area contributed by atoms with Crippen LogP contribution >= 0.6 is 0 Å². The molecule has 0 saturated carbocycles. The van der Waals surface area contributed by atoms with E-state index in [1.54, 1.807) is 0 Å². The van der Waals surface area contributed by atoms with Crippen molar-refractivity contribution in [1.29, 1.82) is 0 Å². The van der Waals surface area contributed by atoms with Crippen LogP contribution in [0, 0.1) is 5.92 Å². The first kappa shape index (κ1) is 49.3. The Morgan fingerprint density at radius 1 is 0.500 bits per heavy atom. The summed E-state index contributed by atoms with van der Waals surface area (Å²) in [4.78, 5) is 14.4. The van der Waals surface area contributed by atoms with Gasteiger partial charge >= 0.3 is 5.97 Å². The summed E-state index contributed by atoms with van der Waals surface area (Å²) in [5.74, 6) is 0.263. The summed E-state index contributed by atoms with van der Waals surface area (Å²) < 4.78 is 11.4. The van der Waals surface area contributed by atoms with E-state index in [0.29, 0.717) is 19.6 Å². The van der Waals surface area contributed by atoms with Gasteiger partial charge in [-0.15, -0.1) is 0 Å². The standard InChI is InChI=1S/C44H89NO5/c1-4-7-10-13-16-24-31-40-49-43(47)35-28-21-17-22-29-36-45(38-39-46)37-30-23-18-25-32-41-50-44(48)42(33-26-19-14-11-8-5-2)34-27-20-15-12-9-6-3/h42,44,46,48H,4-41H2,1-3H3. The molecule has 50 heavy (non-hydrogen) atoms. The van der Waals surface area contributed by atoms with E-state index >= 15 is 0 Å². The summed E-state index contributed by atoms with van der Waals surface area (Å²) in [6, 6.07) is 0. The minimum atomic E-state index is -0.602. The van der Waals surface area contributed by atoms with Crippen LogP contribution in [0.4, 0.5) is 0 Å². The number of hydrogen-bond acceptors (Lipinski definition) is 6. The molecule has 0 radical (unpaired) electrons. The number of aliphatic hydroxyl groups is 2. The van der Waals surface area contributed by atoms with Crippen molar-refractivity contribution in [3.8, 4) is 0 Å². The fourth-order valence-corrected chi connectivity index (χ4v) is 7.04. The van der Waals surface area contributed by atoms with Gasteiger partial charge in [-0.25, -0.2) is 0 Å². The highest BCUT2D eigenvalue weighted by Crippen LogP contribution is 2.23. The van der Waals surface area contributed by atoms with E-state index in [2.05, 4.69) is 25.7 Å². The summed E-state index contributed by atoms with van der Waals surface area (Å²) in [6.45, 7) is 11.1. The van der Waals surface area contributed by atoms with Gasteiger partial charge < -0.3 is 24.6 Å². The predicted molar refractivity (Wildman–Crippen MR) is 215 cm³/mol. The number of nitrogens with zero attached hydrogens (tertiary/aromatic N) is 1. The van der Waals surface area contributed by atoms with Crippen LogP contribution in [-0.2, 0) is 14.3 Å². The number of ether oxygens (including phenoxy) is 2. The van der Waals surface area contributed by atoms with Crippen LogP contribution in [0.5, 0.6) is 0 Å². The maximum absolute atomic E-state index is 12.0. The van der Waals surface area contributed by atoms with Crippen molar-refractivity contribution in [2.24, 2.45) is 5.92 Å². The van der Waals surface area contributed by atoms with Crippen LogP contribution in [0.25, 0.3) is 0 Å². The summed E-state index contributed by atoms with van der Waals surface area (Å²) in [5, 5.41) is 20.4. The number of unbranched alkanes of at least 4 members (excludes halogenated alkanes) is 24. The number of aliphatic hydroxyl groups excluding tert-OH is 2. The maximum atomic E-state index is 12.0. The lowest BCUT2D eigenvalue weighted by atomic mass is 9.93. The van der Waals surface area contributed by atoms with Crippen LogP contribution in [0.2, 0.25) is 0 Å². The molecule has 0 bridgehead atoms. The number of esters is 1. The van der Waals surface area contributed by atoms with Crippen molar-refractivity contribution in [3.63, 3.8) is 0 Å². The molecule has 6 nitrogen and oxygen atoms in total. The Morgan fingerprint density at radius 2 is 0.900 bits per heavy atom. The zero-order valence-electron chi connectivity index (χ0n) is 34.1. The average Bonchev–Trinajstić information content (AvgIpc) is 3.11. The van der Waals surface area contributed by atoms with Gasteiger partial charge in [-0.1, -0.05) is 175 Å². The minimum Gasteiger partial charge on any atom is -0.466 e. The van der Waals surface area contributed by atoms with Gasteiger partial charge in [0.15, 0.2) is 6.29 Å². The monoisotopic (exact) mass is 712 g/mol. The lowest BCUT2D eigenvalue weighted by molar-refractivity contribution is -0.143. The third-order valence-electron chi connectivity index (χ3n) is 10.4. The SMILES string of the molecule is CCCCCCCCCOC(=O)CCCCCCCN(CCO)CCCCCCCOC(O)C(CCCCCCCC)CCCCCCCC. The van der Waals surface area contributed by atoms with Gasteiger partial charge in [0.1, 0.15) is 0 Å². The summed E-state index contributed by atoms with van der Waals surface area (Å²) in [6.07, 6.45) is 37.7. The second kappa shape index (κ2) is 41.1. The van der Waals surface area contributed by atoms with Gasteiger partial charge in [0.05, 0.1) is 13.2 Å².